The van der Waals surface area contributed by atoms with E-state index in [1.807, 2.05) is 6.07 Å². The average Bonchev–Trinajstić information content (AvgIpc) is 2.90. The molecule has 0 atom stereocenters. The van der Waals surface area contributed by atoms with Gasteiger partial charge in [-0.2, -0.15) is 4.98 Å². The Labute approximate surface area is 116 Å². The Morgan fingerprint density at radius 3 is 2.63 bits per heavy atom. The maximum absolute atomic E-state index is 6.15. The van der Waals surface area contributed by atoms with Gasteiger partial charge in [-0.25, -0.2) is 0 Å². The molecule has 0 spiro atoms. The van der Waals surface area contributed by atoms with Gasteiger partial charge in [-0.1, -0.05) is 10.3 Å². The van der Waals surface area contributed by atoms with E-state index >= 15 is 0 Å². The van der Waals surface area contributed by atoms with Crippen LogP contribution >= 0.6 is 12.4 Å². The summed E-state index contributed by atoms with van der Waals surface area (Å²) in [6, 6.07) is 1.89. The van der Waals surface area contributed by atoms with Gasteiger partial charge in [0.25, 0.3) is 5.89 Å². The van der Waals surface area contributed by atoms with Crippen LogP contribution in [0.2, 0.25) is 0 Å². The molecule has 19 heavy (non-hydrogen) atoms. The summed E-state index contributed by atoms with van der Waals surface area (Å²) in [4.78, 5) is 4.34. The number of hydrogen-bond donors (Lipinski definition) is 1. The first-order chi connectivity index (χ1) is 8.74. The molecule has 2 aliphatic rings. The van der Waals surface area contributed by atoms with Crippen molar-refractivity contribution in [1.82, 2.24) is 15.3 Å². The van der Waals surface area contributed by atoms with Crippen molar-refractivity contribution in [3.05, 3.63) is 17.7 Å². The molecule has 2 aliphatic carbocycles. The second-order valence-corrected chi connectivity index (χ2v) is 5.32. The number of hydrogen-bond acceptors (Lipinski definition) is 6. The van der Waals surface area contributed by atoms with E-state index in [9.17, 15) is 0 Å². The lowest BCUT2D eigenvalue weighted by Crippen LogP contribution is -2.44. The molecule has 0 aliphatic heterocycles. The lowest BCUT2D eigenvalue weighted by Gasteiger charge is -2.34. The largest absolute Gasteiger partial charge is 0.360 e. The zero-order valence-corrected chi connectivity index (χ0v) is 11.2. The molecular formula is C12H15ClN4O2. The van der Waals surface area contributed by atoms with Crippen molar-refractivity contribution >= 4 is 12.4 Å². The van der Waals surface area contributed by atoms with Gasteiger partial charge in [0.1, 0.15) is 5.76 Å². The highest BCUT2D eigenvalue weighted by Crippen LogP contribution is 2.41. The van der Waals surface area contributed by atoms with Crippen LogP contribution in [0.5, 0.6) is 0 Å². The van der Waals surface area contributed by atoms with Crippen LogP contribution < -0.4 is 5.73 Å². The maximum atomic E-state index is 6.15. The van der Waals surface area contributed by atoms with Crippen molar-refractivity contribution in [1.29, 1.82) is 0 Å². The second-order valence-electron chi connectivity index (χ2n) is 5.32. The molecular weight excluding hydrogens is 268 g/mol. The molecule has 0 aromatic carbocycles. The van der Waals surface area contributed by atoms with E-state index in [2.05, 4.69) is 15.3 Å². The summed E-state index contributed by atoms with van der Waals surface area (Å²) in [5, 5.41) is 7.94. The van der Waals surface area contributed by atoms with Crippen molar-refractivity contribution in [2.24, 2.45) is 5.73 Å². The van der Waals surface area contributed by atoms with Crippen molar-refractivity contribution in [3.63, 3.8) is 0 Å². The summed E-state index contributed by atoms with van der Waals surface area (Å²) in [5.41, 5.74) is 6.36. The van der Waals surface area contributed by atoms with E-state index < -0.39 is 5.54 Å². The second kappa shape index (κ2) is 4.31. The van der Waals surface area contributed by atoms with E-state index in [0.717, 1.165) is 25.0 Å². The van der Waals surface area contributed by atoms with Crippen LogP contribution in [0.25, 0.3) is 11.6 Å². The minimum Gasteiger partial charge on any atom is -0.360 e. The quantitative estimate of drug-likeness (QED) is 0.929. The summed E-state index contributed by atoms with van der Waals surface area (Å²) in [6.45, 7) is 0. The van der Waals surface area contributed by atoms with Crippen LogP contribution in [0.3, 0.4) is 0 Å². The van der Waals surface area contributed by atoms with E-state index in [4.69, 9.17) is 14.8 Å². The third-order valence-electron chi connectivity index (χ3n) is 3.84. The van der Waals surface area contributed by atoms with Gasteiger partial charge in [0.05, 0.1) is 5.54 Å². The predicted molar refractivity (Wildman–Crippen MR) is 68.7 cm³/mol. The van der Waals surface area contributed by atoms with Crippen LogP contribution in [0.1, 0.15) is 49.6 Å². The molecule has 7 heteroatoms. The van der Waals surface area contributed by atoms with E-state index in [0.29, 0.717) is 23.3 Å². The van der Waals surface area contributed by atoms with Gasteiger partial charge >= 0.3 is 0 Å². The molecule has 6 nitrogen and oxygen atoms in total. The fraction of sp³-hybridized carbons (Fsp3) is 0.583. The molecule has 0 bridgehead atoms. The highest BCUT2D eigenvalue weighted by Gasteiger charge is 2.39. The fourth-order valence-corrected chi connectivity index (χ4v) is 2.26. The first kappa shape index (κ1) is 12.6. The molecule has 0 radical (unpaired) electrons. The van der Waals surface area contributed by atoms with Crippen LogP contribution in [0.15, 0.2) is 15.1 Å². The van der Waals surface area contributed by atoms with Gasteiger partial charge in [0.15, 0.2) is 11.5 Å². The third kappa shape index (κ3) is 2.04. The molecule has 102 valence electrons. The molecule has 0 amide bonds. The Balaban J connectivity index is 0.00000110. The van der Waals surface area contributed by atoms with Gasteiger partial charge in [0, 0.05) is 12.0 Å². The van der Waals surface area contributed by atoms with Gasteiger partial charge in [-0.3, -0.25) is 0 Å². The topological polar surface area (TPSA) is 91.0 Å². The molecule has 2 heterocycles. The Morgan fingerprint density at radius 1 is 1.21 bits per heavy atom. The lowest BCUT2D eigenvalue weighted by molar-refractivity contribution is 0.229. The number of halogens is 1. The molecule has 2 aromatic heterocycles. The molecule has 0 saturated heterocycles. The highest BCUT2D eigenvalue weighted by molar-refractivity contribution is 5.85. The van der Waals surface area contributed by atoms with Crippen molar-refractivity contribution < 1.29 is 9.05 Å². The van der Waals surface area contributed by atoms with E-state index in [1.54, 1.807) is 0 Å². The van der Waals surface area contributed by atoms with Crippen LogP contribution in [-0.2, 0) is 5.54 Å². The Hall–Kier alpha value is -1.40. The lowest BCUT2D eigenvalue weighted by atomic mass is 9.77. The van der Waals surface area contributed by atoms with Crippen LogP contribution in [0.4, 0.5) is 0 Å². The molecule has 0 unspecified atom stereocenters. The van der Waals surface area contributed by atoms with Crippen molar-refractivity contribution in [2.45, 2.75) is 43.6 Å². The van der Waals surface area contributed by atoms with Crippen LogP contribution in [-0.4, -0.2) is 15.3 Å². The molecule has 2 N–H and O–H groups in total. The predicted octanol–water partition coefficient (Wildman–Crippen LogP) is 2.36. The number of nitrogens with two attached hydrogens (primary N) is 1. The van der Waals surface area contributed by atoms with Crippen LogP contribution in [0, 0.1) is 0 Å². The van der Waals surface area contributed by atoms with Crippen molar-refractivity contribution in [2.75, 3.05) is 0 Å². The van der Waals surface area contributed by atoms with Crippen molar-refractivity contribution in [3.8, 4) is 11.6 Å². The number of nitrogens with zero attached hydrogens (tertiary/aromatic N) is 3. The molecule has 2 saturated carbocycles. The monoisotopic (exact) mass is 282 g/mol. The Morgan fingerprint density at radius 2 is 2.00 bits per heavy atom. The highest BCUT2D eigenvalue weighted by atomic mass is 35.5. The molecule has 2 aromatic rings. The minimum atomic E-state index is -0.398. The zero-order chi connectivity index (χ0) is 12.2. The van der Waals surface area contributed by atoms with Gasteiger partial charge in [0.2, 0.25) is 0 Å². The first-order valence-corrected chi connectivity index (χ1v) is 6.35. The zero-order valence-electron chi connectivity index (χ0n) is 10.3. The summed E-state index contributed by atoms with van der Waals surface area (Å²) in [6.07, 6.45) is 5.30. The number of aromatic nitrogens is 3. The minimum absolute atomic E-state index is 0. The standard InChI is InChI=1S/C12H14N4O2.ClH/c13-12(4-1-5-12)11-14-10(18-16-11)8-6-9(17-15-8)7-2-3-7;/h6-7H,1-5,13H2;1H. The summed E-state index contributed by atoms with van der Waals surface area (Å²) in [7, 11) is 0. The average molecular weight is 283 g/mol. The van der Waals surface area contributed by atoms with Gasteiger partial charge in [-0.05, 0) is 32.1 Å². The van der Waals surface area contributed by atoms with E-state index in [-0.39, 0.29) is 12.4 Å². The number of rotatable bonds is 3. The SMILES string of the molecule is Cl.NC1(c2noc(-c3cc(C4CC4)on3)n2)CCC1. The summed E-state index contributed by atoms with van der Waals surface area (Å²) >= 11 is 0. The molecule has 2 fully saturated rings. The fourth-order valence-electron chi connectivity index (χ4n) is 2.26. The Bertz CT molecular complexity index is 586. The van der Waals surface area contributed by atoms with E-state index in [1.165, 1.54) is 12.8 Å². The maximum Gasteiger partial charge on any atom is 0.280 e. The van der Waals surface area contributed by atoms with Gasteiger partial charge < -0.3 is 14.8 Å². The Kier molecular flexibility index (Phi) is 2.87. The smallest absolute Gasteiger partial charge is 0.280 e. The third-order valence-corrected chi connectivity index (χ3v) is 3.84. The summed E-state index contributed by atoms with van der Waals surface area (Å²) < 4.78 is 10.5. The molecule has 4 rings (SSSR count). The van der Waals surface area contributed by atoms with Gasteiger partial charge in [-0.15, -0.1) is 12.4 Å². The first-order valence-electron chi connectivity index (χ1n) is 6.35. The summed E-state index contributed by atoms with van der Waals surface area (Å²) in [5.74, 6) is 2.43. The normalized spacial score (nSPS) is 20.7.